The number of fused-ring (bicyclic) bond motifs is 3. The fourth-order valence-electron chi connectivity index (χ4n) is 3.17. The summed E-state index contributed by atoms with van der Waals surface area (Å²) in [6.45, 7) is 4.01. The van der Waals surface area contributed by atoms with Gasteiger partial charge in [0.1, 0.15) is 0 Å². The number of aromatic nitrogens is 4. The molecule has 0 N–H and O–H groups in total. The molecule has 2 heterocycles. The first-order chi connectivity index (χ1) is 11.6. The first-order valence-electron chi connectivity index (χ1n) is 7.63. The summed E-state index contributed by atoms with van der Waals surface area (Å²) in [6.07, 6.45) is 1.96. The summed E-state index contributed by atoms with van der Waals surface area (Å²) in [5.74, 6) is 0.542. The second-order valence-corrected chi connectivity index (χ2v) is 6.49. The molecule has 4 aromatic rings. The third-order valence-corrected chi connectivity index (χ3v) is 4.87. The van der Waals surface area contributed by atoms with Gasteiger partial charge in [0.05, 0.1) is 16.6 Å². The highest BCUT2D eigenvalue weighted by molar-refractivity contribution is 7.98. The van der Waals surface area contributed by atoms with Gasteiger partial charge in [0.15, 0.2) is 5.16 Å². The van der Waals surface area contributed by atoms with Gasteiger partial charge in [0.25, 0.3) is 5.56 Å². The summed E-state index contributed by atoms with van der Waals surface area (Å²) in [6, 6.07) is 13.6. The molecule has 0 atom stereocenters. The van der Waals surface area contributed by atoms with Crippen LogP contribution in [0.4, 0.5) is 0 Å². The summed E-state index contributed by atoms with van der Waals surface area (Å²) in [7, 11) is 0. The Labute approximate surface area is 143 Å². The maximum absolute atomic E-state index is 13.2. The normalized spacial score (nSPS) is 11.5. The van der Waals surface area contributed by atoms with E-state index in [4.69, 9.17) is 0 Å². The summed E-state index contributed by atoms with van der Waals surface area (Å²) in [5.41, 5.74) is 3.69. The van der Waals surface area contributed by atoms with Crippen molar-refractivity contribution >= 4 is 28.4 Å². The lowest BCUT2D eigenvalue weighted by Crippen LogP contribution is -2.23. The Morgan fingerprint density at radius 1 is 0.958 bits per heavy atom. The van der Waals surface area contributed by atoms with Crippen molar-refractivity contribution in [3.63, 3.8) is 0 Å². The van der Waals surface area contributed by atoms with Crippen LogP contribution >= 0.6 is 11.8 Å². The number of hydrogen-bond acceptors (Lipinski definition) is 4. The van der Waals surface area contributed by atoms with Crippen molar-refractivity contribution in [2.75, 3.05) is 6.26 Å². The summed E-state index contributed by atoms with van der Waals surface area (Å²) >= 11 is 1.51. The molecule has 24 heavy (non-hydrogen) atoms. The average molecular weight is 336 g/mol. The molecule has 0 aliphatic rings. The molecule has 0 radical (unpaired) electrons. The SMILES string of the molecule is CSc1nnc2n(-c3c(C)cccc3C)c(=O)c3ccccc3n12. The number of hydrogen-bond donors (Lipinski definition) is 0. The maximum atomic E-state index is 13.2. The van der Waals surface area contributed by atoms with Gasteiger partial charge in [-0.2, -0.15) is 0 Å². The molecular formula is C18H16N4OS. The molecule has 6 heteroatoms. The molecule has 0 aliphatic carbocycles. The smallest absolute Gasteiger partial charge is 0.267 e. The molecule has 0 unspecified atom stereocenters. The first kappa shape index (κ1) is 15.0. The van der Waals surface area contributed by atoms with Crippen LogP contribution in [0.1, 0.15) is 11.1 Å². The van der Waals surface area contributed by atoms with Gasteiger partial charge in [-0.15, -0.1) is 10.2 Å². The predicted molar refractivity (Wildman–Crippen MR) is 97.3 cm³/mol. The van der Waals surface area contributed by atoms with Crippen molar-refractivity contribution in [1.82, 2.24) is 19.2 Å². The van der Waals surface area contributed by atoms with Crippen molar-refractivity contribution in [3.8, 4) is 5.69 Å². The predicted octanol–water partition coefficient (Wildman–Crippen LogP) is 3.37. The van der Waals surface area contributed by atoms with Crippen LogP contribution in [0.15, 0.2) is 52.4 Å². The van der Waals surface area contributed by atoms with Crippen LogP contribution in [0.25, 0.3) is 22.4 Å². The highest BCUT2D eigenvalue weighted by atomic mass is 32.2. The Bertz CT molecular complexity index is 1120. The van der Waals surface area contributed by atoms with E-state index in [1.807, 2.05) is 67.0 Å². The van der Waals surface area contributed by atoms with Gasteiger partial charge in [-0.3, -0.25) is 9.20 Å². The Hall–Kier alpha value is -2.60. The van der Waals surface area contributed by atoms with E-state index < -0.39 is 0 Å². The van der Waals surface area contributed by atoms with Crippen molar-refractivity contribution in [2.45, 2.75) is 19.0 Å². The number of rotatable bonds is 2. The molecule has 2 aromatic heterocycles. The summed E-state index contributed by atoms with van der Waals surface area (Å²) in [4.78, 5) is 13.2. The zero-order valence-electron chi connectivity index (χ0n) is 13.6. The van der Waals surface area contributed by atoms with Gasteiger partial charge in [0, 0.05) is 0 Å². The van der Waals surface area contributed by atoms with E-state index in [2.05, 4.69) is 10.2 Å². The van der Waals surface area contributed by atoms with Gasteiger partial charge in [-0.1, -0.05) is 42.1 Å². The number of aryl methyl sites for hydroxylation is 2. The molecule has 0 saturated carbocycles. The van der Waals surface area contributed by atoms with E-state index in [9.17, 15) is 4.79 Å². The Morgan fingerprint density at radius 3 is 2.38 bits per heavy atom. The molecule has 4 rings (SSSR count). The second-order valence-electron chi connectivity index (χ2n) is 5.72. The molecule has 0 saturated heterocycles. The van der Waals surface area contributed by atoms with Crippen LogP contribution in [-0.2, 0) is 0 Å². The molecular weight excluding hydrogens is 320 g/mol. The second kappa shape index (κ2) is 5.49. The lowest BCUT2D eigenvalue weighted by molar-refractivity contribution is 0.927. The molecule has 0 fully saturated rings. The van der Waals surface area contributed by atoms with E-state index in [1.165, 1.54) is 11.8 Å². The zero-order valence-corrected chi connectivity index (χ0v) is 14.5. The van der Waals surface area contributed by atoms with Gasteiger partial charge >= 0.3 is 0 Å². The Balaban J connectivity index is 2.30. The minimum atomic E-state index is -0.0736. The van der Waals surface area contributed by atoms with Crippen molar-refractivity contribution in [1.29, 1.82) is 0 Å². The van der Waals surface area contributed by atoms with E-state index in [-0.39, 0.29) is 5.56 Å². The van der Waals surface area contributed by atoms with E-state index in [0.717, 1.165) is 27.5 Å². The van der Waals surface area contributed by atoms with Crippen LogP contribution in [0.5, 0.6) is 0 Å². The van der Waals surface area contributed by atoms with E-state index in [1.54, 1.807) is 4.57 Å². The van der Waals surface area contributed by atoms with Crippen molar-refractivity contribution in [3.05, 3.63) is 63.9 Å². The van der Waals surface area contributed by atoms with Crippen LogP contribution in [-0.4, -0.2) is 25.4 Å². The van der Waals surface area contributed by atoms with Gasteiger partial charge in [-0.05, 0) is 43.4 Å². The highest BCUT2D eigenvalue weighted by Crippen LogP contribution is 2.24. The maximum Gasteiger partial charge on any atom is 0.267 e. The molecule has 2 aromatic carbocycles. The molecule has 5 nitrogen and oxygen atoms in total. The fraction of sp³-hybridized carbons (Fsp3) is 0.167. The third-order valence-electron chi connectivity index (χ3n) is 4.24. The fourth-order valence-corrected chi connectivity index (χ4v) is 3.66. The largest absolute Gasteiger partial charge is 0.268 e. The van der Waals surface area contributed by atoms with Crippen LogP contribution in [0.3, 0.4) is 0 Å². The van der Waals surface area contributed by atoms with Crippen molar-refractivity contribution in [2.24, 2.45) is 0 Å². The number of benzene rings is 2. The van der Waals surface area contributed by atoms with E-state index >= 15 is 0 Å². The molecule has 0 amide bonds. The lowest BCUT2D eigenvalue weighted by Gasteiger charge is -2.15. The van der Waals surface area contributed by atoms with Crippen LogP contribution in [0.2, 0.25) is 0 Å². The molecule has 0 aliphatic heterocycles. The van der Waals surface area contributed by atoms with Crippen molar-refractivity contribution < 1.29 is 0 Å². The zero-order chi connectivity index (χ0) is 16.8. The minimum absolute atomic E-state index is 0.0736. The Kier molecular flexibility index (Phi) is 3.42. The van der Waals surface area contributed by atoms with Crippen LogP contribution in [0, 0.1) is 13.8 Å². The number of para-hydroxylation sites is 2. The van der Waals surface area contributed by atoms with Gasteiger partial charge in [0.2, 0.25) is 5.78 Å². The molecule has 0 spiro atoms. The third kappa shape index (κ3) is 1.99. The quantitative estimate of drug-likeness (QED) is 0.527. The number of nitrogens with zero attached hydrogens (tertiary/aromatic N) is 4. The highest BCUT2D eigenvalue weighted by Gasteiger charge is 2.18. The molecule has 0 bridgehead atoms. The first-order valence-corrected chi connectivity index (χ1v) is 8.85. The molecule has 120 valence electrons. The lowest BCUT2D eigenvalue weighted by atomic mass is 10.1. The monoisotopic (exact) mass is 336 g/mol. The van der Waals surface area contributed by atoms with E-state index in [0.29, 0.717) is 11.2 Å². The van der Waals surface area contributed by atoms with Gasteiger partial charge < -0.3 is 0 Å². The Morgan fingerprint density at radius 2 is 1.67 bits per heavy atom. The summed E-state index contributed by atoms with van der Waals surface area (Å²) in [5, 5.41) is 10.0. The summed E-state index contributed by atoms with van der Waals surface area (Å²) < 4.78 is 3.63. The average Bonchev–Trinajstić information content (AvgIpc) is 3.01. The number of thioether (sulfide) groups is 1. The standard InChI is InChI=1S/C18H16N4OS/c1-11-7-6-8-12(2)15(11)22-16(23)13-9-4-5-10-14(13)21-17(22)19-20-18(21)24-3/h4-10H,1-3H3. The van der Waals surface area contributed by atoms with Gasteiger partial charge in [-0.25, -0.2) is 4.57 Å². The minimum Gasteiger partial charge on any atom is -0.268 e. The van der Waals surface area contributed by atoms with Crippen LogP contribution < -0.4 is 5.56 Å². The topological polar surface area (TPSA) is 52.2 Å².